The van der Waals surface area contributed by atoms with Crippen LogP contribution in [0.1, 0.15) is 36.3 Å². The monoisotopic (exact) mass is 399 g/mol. The van der Waals surface area contributed by atoms with E-state index in [0.717, 1.165) is 17.6 Å². The molecule has 1 aromatic carbocycles. The molecule has 0 fully saturated rings. The molecule has 0 bridgehead atoms. The predicted molar refractivity (Wildman–Crippen MR) is 101 cm³/mol. The van der Waals surface area contributed by atoms with Gasteiger partial charge >= 0.3 is 0 Å². The van der Waals surface area contributed by atoms with Gasteiger partial charge in [-0.05, 0) is 52.9 Å². The van der Waals surface area contributed by atoms with Crippen molar-refractivity contribution >= 4 is 33.9 Å². The van der Waals surface area contributed by atoms with Crippen LogP contribution in [0, 0.1) is 11.8 Å². The molecule has 1 aromatic heterocycles. The molecule has 5 nitrogen and oxygen atoms in total. The Kier molecular flexibility index (Phi) is 4.80. The van der Waals surface area contributed by atoms with Crippen LogP contribution in [0.15, 0.2) is 40.5 Å². The minimum Gasteiger partial charge on any atom is -0.355 e. The fourth-order valence-electron chi connectivity index (χ4n) is 2.66. The molecule has 1 unspecified atom stereocenters. The zero-order valence-corrected chi connectivity index (χ0v) is 15.8. The lowest BCUT2D eigenvalue weighted by Crippen LogP contribution is -2.42. The van der Waals surface area contributed by atoms with E-state index in [4.69, 9.17) is 4.74 Å². The van der Waals surface area contributed by atoms with Crippen LogP contribution in [-0.2, 0) is 4.74 Å². The third-order valence-corrected chi connectivity index (χ3v) is 4.96. The summed E-state index contributed by atoms with van der Waals surface area (Å²) < 4.78 is 7.97. The van der Waals surface area contributed by atoms with Crippen LogP contribution >= 0.6 is 15.9 Å². The molecular formula is C19H18BrN3O2. The Bertz CT molecular complexity index is 906. The number of Topliss-reactive ketones (excluding diaryl/α,β-unsaturated/α-hetero) is 1. The zero-order chi connectivity index (χ0) is 18.0. The summed E-state index contributed by atoms with van der Waals surface area (Å²) in [5.74, 6) is 5.72. The number of carbonyl (C=O) groups excluding carboxylic acids is 1. The van der Waals surface area contributed by atoms with Crippen molar-refractivity contribution in [3.05, 3.63) is 51.8 Å². The van der Waals surface area contributed by atoms with Crippen LogP contribution in [-0.4, -0.2) is 28.2 Å². The molecule has 0 aliphatic carbocycles. The van der Waals surface area contributed by atoms with E-state index in [0.29, 0.717) is 10.6 Å². The highest BCUT2D eigenvalue weighted by molar-refractivity contribution is 9.10. The Morgan fingerprint density at radius 3 is 2.76 bits per heavy atom. The summed E-state index contributed by atoms with van der Waals surface area (Å²) in [5, 5.41) is 3.24. The Morgan fingerprint density at radius 1 is 1.40 bits per heavy atom. The average molecular weight is 400 g/mol. The molecule has 0 saturated heterocycles. The molecule has 0 radical (unpaired) electrons. The number of carbonyl (C=O) groups is 1. The van der Waals surface area contributed by atoms with E-state index in [9.17, 15) is 4.79 Å². The van der Waals surface area contributed by atoms with Gasteiger partial charge in [0.25, 0.3) is 5.78 Å². The number of hydrogen-bond donors (Lipinski definition) is 1. The van der Waals surface area contributed by atoms with Crippen LogP contribution in [0.3, 0.4) is 0 Å². The number of aromatic nitrogens is 2. The van der Waals surface area contributed by atoms with Crippen LogP contribution in [0.2, 0.25) is 0 Å². The largest absolute Gasteiger partial charge is 0.355 e. The van der Waals surface area contributed by atoms with Crippen LogP contribution in [0.25, 0.3) is 6.20 Å². The maximum absolute atomic E-state index is 12.5. The van der Waals surface area contributed by atoms with Crippen molar-refractivity contribution in [2.24, 2.45) is 0 Å². The predicted octanol–water partition coefficient (Wildman–Crippen LogP) is 3.92. The van der Waals surface area contributed by atoms with Crippen molar-refractivity contribution in [3.8, 4) is 11.8 Å². The quantitative estimate of drug-likeness (QED) is 0.627. The molecule has 1 aliphatic heterocycles. The summed E-state index contributed by atoms with van der Waals surface area (Å²) in [6.07, 6.45) is 2.74. The number of methoxy groups -OCH3 is 1. The van der Waals surface area contributed by atoms with Crippen LogP contribution < -0.4 is 5.32 Å². The van der Waals surface area contributed by atoms with Gasteiger partial charge in [0, 0.05) is 18.9 Å². The Labute approximate surface area is 155 Å². The van der Waals surface area contributed by atoms with E-state index in [2.05, 4.69) is 45.0 Å². The molecule has 2 heterocycles. The van der Waals surface area contributed by atoms with Gasteiger partial charge in [-0.2, -0.15) is 0 Å². The molecular weight excluding hydrogens is 382 g/mol. The van der Waals surface area contributed by atoms with Crippen molar-refractivity contribution in [2.45, 2.75) is 26.0 Å². The van der Waals surface area contributed by atoms with Crippen molar-refractivity contribution < 1.29 is 9.53 Å². The standard InChI is InChI=1S/C19H18BrN3O2/c1-4-14-12-23-17(20)16(21-18(23)22-19(14,2)25-3)15(24)11-10-13-8-6-5-7-9-13/h5-9,12H,4H2,1-3H3,(H,21,22). The Morgan fingerprint density at radius 2 is 2.12 bits per heavy atom. The van der Waals surface area contributed by atoms with Gasteiger partial charge in [-0.15, -0.1) is 0 Å². The van der Waals surface area contributed by atoms with Crippen molar-refractivity contribution in [1.29, 1.82) is 0 Å². The molecule has 1 aliphatic rings. The number of halogens is 1. The molecule has 0 amide bonds. The molecule has 0 spiro atoms. The number of nitrogens with zero attached hydrogens (tertiary/aromatic N) is 2. The SMILES string of the molecule is CCC1=Cn2c(nc(C(=O)C#Cc3ccccc3)c2Br)NC1(C)OC. The van der Waals surface area contributed by atoms with Crippen molar-refractivity contribution in [2.75, 3.05) is 12.4 Å². The maximum Gasteiger partial charge on any atom is 0.257 e. The third kappa shape index (κ3) is 3.26. The fourth-order valence-corrected chi connectivity index (χ4v) is 3.20. The van der Waals surface area contributed by atoms with Crippen LogP contribution in [0.4, 0.5) is 5.95 Å². The fraction of sp³-hybridized carbons (Fsp3) is 0.263. The summed E-state index contributed by atoms with van der Waals surface area (Å²) in [4.78, 5) is 16.9. The Hall–Kier alpha value is -2.36. The van der Waals surface area contributed by atoms with Gasteiger partial charge in [0.05, 0.1) is 0 Å². The number of fused-ring (bicyclic) bond motifs is 1. The average Bonchev–Trinajstić information content (AvgIpc) is 2.95. The van der Waals surface area contributed by atoms with E-state index >= 15 is 0 Å². The minimum atomic E-state index is -0.647. The highest BCUT2D eigenvalue weighted by atomic mass is 79.9. The van der Waals surface area contributed by atoms with Gasteiger partial charge in [0.2, 0.25) is 5.95 Å². The minimum absolute atomic E-state index is 0.276. The lowest BCUT2D eigenvalue weighted by Gasteiger charge is -2.35. The summed E-state index contributed by atoms with van der Waals surface area (Å²) in [5.41, 5.74) is 1.47. The second-order valence-electron chi connectivity index (χ2n) is 5.76. The summed E-state index contributed by atoms with van der Waals surface area (Å²) in [6, 6.07) is 9.38. The number of imidazole rings is 1. The summed E-state index contributed by atoms with van der Waals surface area (Å²) >= 11 is 3.47. The van der Waals surface area contributed by atoms with E-state index < -0.39 is 5.72 Å². The first-order valence-corrected chi connectivity index (χ1v) is 8.71. The number of rotatable bonds is 3. The summed E-state index contributed by atoms with van der Waals surface area (Å²) in [7, 11) is 1.64. The second kappa shape index (κ2) is 6.87. The number of nitrogens with one attached hydrogen (secondary N) is 1. The van der Waals surface area contributed by atoms with E-state index in [1.54, 1.807) is 11.7 Å². The van der Waals surface area contributed by atoms with Crippen molar-refractivity contribution in [1.82, 2.24) is 9.55 Å². The number of anilines is 1. The molecule has 0 saturated carbocycles. The molecule has 1 N–H and O–H groups in total. The first-order valence-electron chi connectivity index (χ1n) is 7.92. The normalized spacial score (nSPS) is 18.5. The molecule has 128 valence electrons. The highest BCUT2D eigenvalue weighted by Crippen LogP contribution is 2.35. The van der Waals surface area contributed by atoms with Gasteiger partial charge in [0.15, 0.2) is 11.4 Å². The van der Waals surface area contributed by atoms with E-state index in [-0.39, 0.29) is 11.5 Å². The smallest absolute Gasteiger partial charge is 0.257 e. The highest BCUT2D eigenvalue weighted by Gasteiger charge is 2.34. The van der Waals surface area contributed by atoms with Gasteiger partial charge in [-0.25, -0.2) is 4.98 Å². The van der Waals surface area contributed by atoms with Gasteiger partial charge < -0.3 is 10.1 Å². The number of ether oxygens (including phenoxy) is 1. The first-order chi connectivity index (χ1) is 12.0. The van der Waals surface area contributed by atoms with E-state index in [1.807, 2.05) is 43.5 Å². The zero-order valence-electron chi connectivity index (χ0n) is 14.3. The number of hydrogen-bond acceptors (Lipinski definition) is 4. The second-order valence-corrected chi connectivity index (χ2v) is 6.51. The van der Waals surface area contributed by atoms with Crippen molar-refractivity contribution in [3.63, 3.8) is 0 Å². The summed E-state index contributed by atoms with van der Waals surface area (Å²) in [6.45, 7) is 3.99. The van der Waals surface area contributed by atoms with Crippen LogP contribution in [0.5, 0.6) is 0 Å². The molecule has 1 atom stereocenters. The Balaban J connectivity index is 1.96. The van der Waals surface area contributed by atoms with Gasteiger partial charge in [-0.3, -0.25) is 9.36 Å². The first kappa shape index (κ1) is 17.5. The maximum atomic E-state index is 12.5. The molecule has 25 heavy (non-hydrogen) atoms. The topological polar surface area (TPSA) is 56.2 Å². The number of ketones is 1. The molecule has 2 aromatic rings. The van der Waals surface area contributed by atoms with Gasteiger partial charge in [-0.1, -0.05) is 31.0 Å². The lowest BCUT2D eigenvalue weighted by molar-refractivity contribution is 0.0590. The van der Waals surface area contributed by atoms with Gasteiger partial charge in [0.1, 0.15) is 4.60 Å². The third-order valence-electron chi connectivity index (χ3n) is 4.20. The number of benzene rings is 1. The molecule has 3 rings (SSSR count). The lowest BCUT2D eigenvalue weighted by atomic mass is 10.0. The van der Waals surface area contributed by atoms with E-state index in [1.165, 1.54) is 0 Å². The molecule has 6 heteroatoms.